The zero-order chi connectivity index (χ0) is 31.8. The normalized spacial score (nSPS) is 19.8. The Bertz CT molecular complexity index is 1380. The molecule has 240 valence electrons. The molecule has 12 heteroatoms. The Balaban J connectivity index is 1.15. The number of pyridine rings is 1. The standard InChI is InChI=1S/C33H37F3N4O5/c1-40(19-26-3-2-14-43-26)33(42)45-32-20-44-25(16-38-32)12-13-27-29(36)17-37-18-30(27)39-31(41)15-28(21-4-8-23(34)9-5-21)22-6-10-24(35)11-7-22/h4-11,17-18,25-26,28,32,38H,2-3,12-16,19-20H2,1H3,(H,39,41)/t25-,26?,32+/m1/s1. The minimum atomic E-state index is -0.608. The molecule has 2 fully saturated rings. The van der Waals surface area contributed by atoms with Crippen LogP contribution in [0.3, 0.4) is 0 Å². The quantitative estimate of drug-likeness (QED) is 0.304. The predicted molar refractivity (Wildman–Crippen MR) is 160 cm³/mol. The lowest BCUT2D eigenvalue weighted by Crippen LogP contribution is -2.50. The van der Waals surface area contributed by atoms with E-state index in [0.29, 0.717) is 37.2 Å². The van der Waals surface area contributed by atoms with Crippen molar-refractivity contribution in [3.8, 4) is 0 Å². The van der Waals surface area contributed by atoms with Crippen LogP contribution < -0.4 is 10.6 Å². The molecule has 1 aromatic heterocycles. The van der Waals surface area contributed by atoms with Crippen molar-refractivity contribution in [2.45, 2.75) is 56.5 Å². The van der Waals surface area contributed by atoms with Crippen molar-refractivity contribution in [1.29, 1.82) is 0 Å². The van der Waals surface area contributed by atoms with Gasteiger partial charge in [-0.3, -0.25) is 15.1 Å². The van der Waals surface area contributed by atoms with Crippen molar-refractivity contribution in [3.05, 3.63) is 95.1 Å². The van der Waals surface area contributed by atoms with Crippen molar-refractivity contribution in [1.82, 2.24) is 15.2 Å². The number of carbonyl (C=O) groups is 2. The van der Waals surface area contributed by atoms with E-state index in [0.717, 1.165) is 19.0 Å². The number of nitrogens with zero attached hydrogens (tertiary/aromatic N) is 2. The number of anilines is 1. The molecule has 0 bridgehead atoms. The van der Waals surface area contributed by atoms with Gasteiger partial charge in [0.15, 0.2) is 6.23 Å². The smallest absolute Gasteiger partial charge is 0.411 e. The maximum Gasteiger partial charge on any atom is 0.411 e. The summed E-state index contributed by atoms with van der Waals surface area (Å²) in [6, 6.07) is 11.5. The van der Waals surface area contributed by atoms with Crippen LogP contribution in [0.15, 0.2) is 60.9 Å². The number of benzene rings is 2. The van der Waals surface area contributed by atoms with Crippen LogP contribution in [0.1, 0.15) is 48.3 Å². The van der Waals surface area contributed by atoms with Gasteiger partial charge in [0.25, 0.3) is 0 Å². The van der Waals surface area contributed by atoms with Gasteiger partial charge < -0.3 is 24.4 Å². The highest BCUT2D eigenvalue weighted by Gasteiger charge is 2.27. The van der Waals surface area contributed by atoms with Crippen LogP contribution in [-0.4, -0.2) is 73.7 Å². The van der Waals surface area contributed by atoms with Gasteiger partial charge in [0.05, 0.1) is 36.9 Å². The number of halogens is 3. The van der Waals surface area contributed by atoms with E-state index in [1.165, 1.54) is 35.4 Å². The molecule has 3 heterocycles. The summed E-state index contributed by atoms with van der Waals surface area (Å²) >= 11 is 0. The number of nitrogens with one attached hydrogen (secondary N) is 2. The maximum atomic E-state index is 14.9. The fourth-order valence-electron chi connectivity index (χ4n) is 5.58. The Kier molecular flexibility index (Phi) is 11.0. The molecule has 0 saturated carbocycles. The number of aromatic nitrogens is 1. The third-order valence-electron chi connectivity index (χ3n) is 8.04. The summed E-state index contributed by atoms with van der Waals surface area (Å²) in [6.45, 7) is 1.70. The summed E-state index contributed by atoms with van der Waals surface area (Å²) < 4.78 is 59.1. The molecule has 9 nitrogen and oxygen atoms in total. The lowest BCUT2D eigenvalue weighted by Gasteiger charge is -2.31. The number of carbonyl (C=O) groups excluding carboxylic acids is 2. The van der Waals surface area contributed by atoms with Crippen molar-refractivity contribution in [2.75, 3.05) is 38.7 Å². The van der Waals surface area contributed by atoms with Crippen LogP contribution >= 0.6 is 0 Å². The molecule has 1 unspecified atom stereocenters. The molecular formula is C33H37F3N4O5. The van der Waals surface area contributed by atoms with E-state index >= 15 is 0 Å². The van der Waals surface area contributed by atoms with Crippen LogP contribution in [0.4, 0.5) is 23.7 Å². The first-order chi connectivity index (χ1) is 21.7. The number of hydrogen-bond donors (Lipinski definition) is 2. The van der Waals surface area contributed by atoms with E-state index in [1.807, 2.05) is 0 Å². The predicted octanol–water partition coefficient (Wildman–Crippen LogP) is 5.15. The molecular weight excluding hydrogens is 589 g/mol. The van der Waals surface area contributed by atoms with E-state index in [2.05, 4.69) is 15.6 Å². The zero-order valence-electron chi connectivity index (χ0n) is 25.0. The molecule has 0 spiro atoms. The molecule has 3 atom stereocenters. The van der Waals surface area contributed by atoms with Gasteiger partial charge >= 0.3 is 6.09 Å². The van der Waals surface area contributed by atoms with Gasteiger partial charge in [-0.1, -0.05) is 24.3 Å². The highest BCUT2D eigenvalue weighted by atomic mass is 19.1. The number of ether oxygens (including phenoxy) is 3. The second kappa shape index (κ2) is 15.3. The molecule has 2 aromatic carbocycles. The van der Waals surface area contributed by atoms with Gasteiger partial charge in [-0.05, 0) is 61.1 Å². The average molecular weight is 627 g/mol. The molecule has 0 aliphatic carbocycles. The van der Waals surface area contributed by atoms with E-state index in [-0.39, 0.29) is 42.9 Å². The van der Waals surface area contributed by atoms with Crippen molar-refractivity contribution in [3.63, 3.8) is 0 Å². The molecule has 3 aromatic rings. The minimum absolute atomic E-state index is 0.0248. The van der Waals surface area contributed by atoms with Crippen molar-refractivity contribution < 1.29 is 37.0 Å². The first-order valence-electron chi connectivity index (χ1n) is 15.1. The number of rotatable bonds is 11. The van der Waals surface area contributed by atoms with E-state index in [4.69, 9.17) is 14.2 Å². The third-order valence-corrected chi connectivity index (χ3v) is 8.04. The average Bonchev–Trinajstić information content (AvgIpc) is 3.54. The van der Waals surface area contributed by atoms with Gasteiger partial charge in [-0.2, -0.15) is 0 Å². The Morgan fingerprint density at radius 2 is 1.71 bits per heavy atom. The molecule has 2 aliphatic heterocycles. The SMILES string of the molecule is CN(CC1CCCO1)C(=O)O[C@H]1CO[C@H](CCc2c(F)cncc2NC(=O)CC(c2ccc(F)cc2)c2ccc(F)cc2)CN1. The molecule has 2 saturated heterocycles. The fraction of sp³-hybridized carbons (Fsp3) is 0.424. The van der Waals surface area contributed by atoms with E-state index < -0.39 is 41.6 Å². The minimum Gasteiger partial charge on any atom is -0.428 e. The van der Waals surface area contributed by atoms with Crippen LogP contribution in [-0.2, 0) is 25.4 Å². The van der Waals surface area contributed by atoms with Crippen molar-refractivity contribution in [2.24, 2.45) is 0 Å². The van der Waals surface area contributed by atoms with Gasteiger partial charge in [0.2, 0.25) is 5.91 Å². The lowest BCUT2D eigenvalue weighted by atomic mass is 9.88. The second-order valence-corrected chi connectivity index (χ2v) is 11.3. The summed E-state index contributed by atoms with van der Waals surface area (Å²) in [6.07, 6.45) is 3.70. The first kappa shape index (κ1) is 32.4. The largest absolute Gasteiger partial charge is 0.428 e. The molecule has 5 rings (SSSR count). The maximum absolute atomic E-state index is 14.9. The van der Waals surface area contributed by atoms with E-state index in [9.17, 15) is 22.8 Å². The summed E-state index contributed by atoms with van der Waals surface area (Å²) in [5.41, 5.74) is 1.88. The number of amides is 2. The molecule has 2 aliphatic rings. The Hall–Kier alpha value is -4.00. The Morgan fingerprint density at radius 3 is 2.31 bits per heavy atom. The Labute approximate surface area is 260 Å². The van der Waals surface area contributed by atoms with E-state index in [1.54, 1.807) is 31.3 Å². The Morgan fingerprint density at radius 1 is 1.02 bits per heavy atom. The van der Waals surface area contributed by atoms with Crippen LogP contribution in [0.2, 0.25) is 0 Å². The lowest BCUT2D eigenvalue weighted by molar-refractivity contribution is -0.116. The summed E-state index contributed by atoms with van der Waals surface area (Å²) in [5.74, 6) is -2.29. The monoisotopic (exact) mass is 626 g/mol. The van der Waals surface area contributed by atoms with Crippen LogP contribution in [0, 0.1) is 17.5 Å². The van der Waals surface area contributed by atoms with Crippen molar-refractivity contribution >= 4 is 17.7 Å². The second-order valence-electron chi connectivity index (χ2n) is 11.3. The number of hydrogen-bond acceptors (Lipinski definition) is 7. The summed E-state index contributed by atoms with van der Waals surface area (Å²) in [7, 11) is 1.67. The van der Waals surface area contributed by atoms with Gasteiger partial charge in [-0.15, -0.1) is 0 Å². The van der Waals surface area contributed by atoms with Gasteiger partial charge in [0, 0.05) is 44.6 Å². The summed E-state index contributed by atoms with van der Waals surface area (Å²) in [4.78, 5) is 31.1. The highest BCUT2D eigenvalue weighted by Crippen LogP contribution is 2.30. The molecule has 45 heavy (non-hydrogen) atoms. The van der Waals surface area contributed by atoms with Crippen LogP contribution in [0.5, 0.6) is 0 Å². The molecule has 2 N–H and O–H groups in total. The number of morpholine rings is 1. The summed E-state index contributed by atoms with van der Waals surface area (Å²) in [5, 5.41) is 5.94. The van der Waals surface area contributed by atoms with Gasteiger partial charge in [-0.25, -0.2) is 18.0 Å². The zero-order valence-corrected chi connectivity index (χ0v) is 25.0. The highest BCUT2D eigenvalue weighted by molar-refractivity contribution is 5.92. The third kappa shape index (κ3) is 9.03. The first-order valence-corrected chi connectivity index (χ1v) is 15.1. The molecule has 0 radical (unpaired) electrons. The molecule has 2 amide bonds. The number of likely N-dealkylation sites (N-methyl/N-ethyl adjacent to an activating group) is 1. The van der Waals surface area contributed by atoms with Gasteiger partial charge in [0.1, 0.15) is 17.5 Å². The topological polar surface area (TPSA) is 102 Å². The fourth-order valence-corrected chi connectivity index (χ4v) is 5.58. The van der Waals surface area contributed by atoms with Crippen LogP contribution in [0.25, 0.3) is 0 Å².